The molecular formula is C29H27F6NO4. The van der Waals surface area contributed by atoms with Gasteiger partial charge < -0.3 is 19.5 Å². The Morgan fingerprint density at radius 1 is 0.925 bits per heavy atom. The van der Waals surface area contributed by atoms with Gasteiger partial charge in [0.05, 0.1) is 19.6 Å². The number of fused-ring (bicyclic) bond motifs is 1. The zero-order chi connectivity index (χ0) is 29.3. The molecule has 1 N–H and O–H groups in total. The van der Waals surface area contributed by atoms with Crippen molar-refractivity contribution in [1.29, 1.82) is 0 Å². The number of benzene rings is 3. The van der Waals surface area contributed by atoms with Crippen molar-refractivity contribution in [2.24, 2.45) is 0 Å². The highest BCUT2D eigenvalue weighted by molar-refractivity contribution is 5.98. The first-order valence-corrected chi connectivity index (χ1v) is 12.4. The van der Waals surface area contributed by atoms with Gasteiger partial charge in [-0.05, 0) is 49.1 Å². The minimum Gasteiger partial charge on any atom is -0.497 e. The fourth-order valence-corrected chi connectivity index (χ4v) is 4.76. The summed E-state index contributed by atoms with van der Waals surface area (Å²) < 4.78 is 92.9. The first-order valence-electron chi connectivity index (χ1n) is 12.4. The minimum atomic E-state index is -6.03. The topological polar surface area (TPSA) is 59.0 Å². The standard InChI is InChI=1S/C29H27F6NO4/c1-18(19-7-4-3-5-8-19)26(37)36-17-24(40-23-10-6-9-22(16-23)39-2)13-11-20-15-21(12-14-25(20)36)27(38,28(30,31)32)29(33,34)35/h3-10,12,14-16,18,24,38H,11,13,17H2,1-2H3. The predicted molar refractivity (Wildman–Crippen MR) is 135 cm³/mol. The van der Waals surface area contributed by atoms with Crippen LogP contribution in [0.15, 0.2) is 72.8 Å². The van der Waals surface area contributed by atoms with E-state index in [1.54, 1.807) is 61.5 Å². The van der Waals surface area contributed by atoms with Crippen molar-refractivity contribution >= 4 is 11.6 Å². The van der Waals surface area contributed by atoms with Crippen LogP contribution in [0.2, 0.25) is 0 Å². The van der Waals surface area contributed by atoms with E-state index in [-0.39, 0.29) is 30.6 Å². The maximum Gasteiger partial charge on any atom is 0.430 e. The first-order chi connectivity index (χ1) is 18.8. The highest BCUT2D eigenvalue weighted by Crippen LogP contribution is 2.51. The number of halogens is 6. The number of carbonyl (C=O) groups is 1. The van der Waals surface area contributed by atoms with Gasteiger partial charge in [0, 0.05) is 17.3 Å². The maximum absolute atomic E-state index is 13.8. The van der Waals surface area contributed by atoms with Gasteiger partial charge in [0.15, 0.2) is 0 Å². The van der Waals surface area contributed by atoms with Crippen molar-refractivity contribution < 1.29 is 45.7 Å². The Bertz CT molecular complexity index is 1330. The summed E-state index contributed by atoms with van der Waals surface area (Å²) in [4.78, 5) is 15.1. The van der Waals surface area contributed by atoms with Crippen LogP contribution in [0.5, 0.6) is 11.5 Å². The van der Waals surface area contributed by atoms with Crippen LogP contribution in [0.1, 0.15) is 36.0 Å². The van der Waals surface area contributed by atoms with Crippen molar-refractivity contribution in [3.05, 3.63) is 89.5 Å². The molecule has 1 aliphatic heterocycles. The van der Waals surface area contributed by atoms with Crippen molar-refractivity contribution in [2.45, 2.75) is 49.7 Å². The maximum atomic E-state index is 13.8. The Morgan fingerprint density at radius 2 is 1.57 bits per heavy atom. The lowest BCUT2D eigenvalue weighted by atomic mass is 9.89. The molecule has 3 aromatic rings. The number of aryl methyl sites for hydroxylation is 1. The number of methoxy groups -OCH3 is 1. The van der Waals surface area contributed by atoms with Gasteiger partial charge >= 0.3 is 12.4 Å². The summed E-state index contributed by atoms with van der Waals surface area (Å²) in [6, 6.07) is 17.8. The van der Waals surface area contributed by atoms with Gasteiger partial charge in [0.2, 0.25) is 5.91 Å². The van der Waals surface area contributed by atoms with Gasteiger partial charge in [-0.15, -0.1) is 0 Å². The number of alkyl halides is 6. The third kappa shape index (κ3) is 5.60. The molecule has 3 aromatic carbocycles. The molecule has 0 spiro atoms. The van der Waals surface area contributed by atoms with Crippen molar-refractivity contribution in [1.82, 2.24) is 0 Å². The van der Waals surface area contributed by atoms with E-state index >= 15 is 0 Å². The van der Waals surface area contributed by atoms with Gasteiger partial charge in [-0.1, -0.05) is 48.5 Å². The fraction of sp³-hybridized carbons (Fsp3) is 0.345. The van der Waals surface area contributed by atoms with E-state index in [4.69, 9.17) is 9.47 Å². The molecule has 0 saturated heterocycles. The molecule has 2 atom stereocenters. The van der Waals surface area contributed by atoms with Crippen LogP contribution >= 0.6 is 0 Å². The van der Waals surface area contributed by atoms with Gasteiger partial charge in [-0.25, -0.2) is 0 Å². The van der Waals surface area contributed by atoms with Crippen LogP contribution in [-0.4, -0.2) is 43.1 Å². The average Bonchev–Trinajstić information content (AvgIpc) is 3.10. The quantitative estimate of drug-likeness (QED) is 0.344. The van der Waals surface area contributed by atoms with Crippen molar-refractivity contribution in [3.63, 3.8) is 0 Å². The number of amides is 1. The number of ether oxygens (including phenoxy) is 2. The van der Waals surface area contributed by atoms with E-state index in [2.05, 4.69) is 0 Å². The number of hydrogen-bond acceptors (Lipinski definition) is 4. The lowest BCUT2D eigenvalue weighted by molar-refractivity contribution is -0.376. The molecular weight excluding hydrogens is 540 g/mol. The van der Waals surface area contributed by atoms with Crippen molar-refractivity contribution in [3.8, 4) is 11.5 Å². The van der Waals surface area contributed by atoms with Gasteiger partial charge in [0.25, 0.3) is 5.60 Å². The van der Waals surface area contributed by atoms with E-state index in [1.807, 2.05) is 0 Å². The number of aliphatic hydroxyl groups is 1. The molecule has 11 heteroatoms. The van der Waals surface area contributed by atoms with Crippen LogP contribution in [0.3, 0.4) is 0 Å². The number of hydrogen-bond donors (Lipinski definition) is 1. The average molecular weight is 568 g/mol. The molecule has 0 bridgehead atoms. The van der Waals surface area contributed by atoms with E-state index in [9.17, 15) is 36.2 Å². The lowest BCUT2D eigenvalue weighted by Crippen LogP contribution is -2.54. The SMILES string of the molecule is COc1cccc(OC2CCc3cc(C(O)(C(F)(F)F)C(F)(F)F)ccc3N(C(=O)C(C)c3ccccc3)C2)c1. The van der Waals surface area contributed by atoms with Crippen LogP contribution in [-0.2, 0) is 16.8 Å². The molecule has 1 amide bonds. The Kier molecular flexibility index (Phi) is 8.07. The molecule has 0 saturated carbocycles. The Hall–Kier alpha value is -3.73. The summed E-state index contributed by atoms with van der Waals surface area (Å²) in [7, 11) is 1.48. The van der Waals surface area contributed by atoms with E-state index in [0.717, 1.165) is 6.07 Å². The summed E-state index contributed by atoms with van der Waals surface area (Å²) in [6.07, 6.45) is -12.5. The van der Waals surface area contributed by atoms with Crippen LogP contribution in [0.25, 0.3) is 0 Å². The highest BCUT2D eigenvalue weighted by atomic mass is 19.4. The Balaban J connectivity index is 1.76. The predicted octanol–water partition coefficient (Wildman–Crippen LogP) is 6.54. The van der Waals surface area contributed by atoms with Gasteiger partial charge in [-0.2, -0.15) is 26.3 Å². The Labute approximate surface area is 226 Å². The highest BCUT2D eigenvalue weighted by Gasteiger charge is 2.71. The van der Waals surface area contributed by atoms with Crippen LogP contribution in [0.4, 0.5) is 32.0 Å². The molecule has 4 rings (SSSR count). The fourth-order valence-electron chi connectivity index (χ4n) is 4.76. The van der Waals surface area contributed by atoms with Gasteiger partial charge in [-0.3, -0.25) is 4.79 Å². The molecule has 1 heterocycles. The largest absolute Gasteiger partial charge is 0.497 e. The normalized spacial score (nSPS) is 17.0. The summed E-state index contributed by atoms with van der Waals surface area (Å²) in [6.45, 7) is 1.66. The smallest absolute Gasteiger partial charge is 0.430 e. The Morgan fingerprint density at radius 3 is 2.20 bits per heavy atom. The van der Waals surface area contributed by atoms with E-state index in [1.165, 1.54) is 12.0 Å². The summed E-state index contributed by atoms with van der Waals surface area (Å²) in [5.41, 5.74) is -5.57. The second-order valence-electron chi connectivity index (χ2n) is 9.59. The molecule has 0 radical (unpaired) electrons. The third-order valence-corrected chi connectivity index (χ3v) is 7.01. The first kappa shape index (κ1) is 29.3. The number of rotatable bonds is 6. The minimum absolute atomic E-state index is 0.00684. The van der Waals surface area contributed by atoms with Crippen LogP contribution in [0, 0.1) is 0 Å². The molecule has 0 aromatic heterocycles. The molecule has 0 aliphatic carbocycles. The van der Waals surface area contributed by atoms with Crippen LogP contribution < -0.4 is 14.4 Å². The second kappa shape index (κ2) is 11.0. The zero-order valence-electron chi connectivity index (χ0n) is 21.6. The number of nitrogens with zero attached hydrogens (tertiary/aromatic N) is 1. The summed E-state index contributed by atoms with van der Waals surface area (Å²) in [5, 5.41) is 9.97. The van der Waals surface area contributed by atoms with Crippen molar-refractivity contribution in [2.75, 3.05) is 18.6 Å². The molecule has 5 nitrogen and oxygen atoms in total. The molecule has 1 aliphatic rings. The lowest BCUT2D eigenvalue weighted by Gasteiger charge is -2.34. The molecule has 2 unspecified atom stereocenters. The summed E-state index contributed by atoms with van der Waals surface area (Å²) in [5.74, 6) is -0.152. The zero-order valence-corrected chi connectivity index (χ0v) is 21.6. The molecule has 40 heavy (non-hydrogen) atoms. The van der Waals surface area contributed by atoms with E-state index < -0.39 is 41.4 Å². The second-order valence-corrected chi connectivity index (χ2v) is 9.59. The van der Waals surface area contributed by atoms with Gasteiger partial charge in [0.1, 0.15) is 17.6 Å². The molecule has 214 valence electrons. The summed E-state index contributed by atoms with van der Waals surface area (Å²) >= 11 is 0. The molecule has 0 fully saturated rings. The number of carbonyl (C=O) groups excluding carboxylic acids is 1. The third-order valence-electron chi connectivity index (χ3n) is 7.01. The van der Waals surface area contributed by atoms with E-state index in [0.29, 0.717) is 29.2 Å². The number of anilines is 1. The monoisotopic (exact) mass is 567 g/mol.